The van der Waals surface area contributed by atoms with Gasteiger partial charge in [0.2, 0.25) is 5.88 Å². The van der Waals surface area contributed by atoms with Crippen molar-refractivity contribution in [3.63, 3.8) is 0 Å². The van der Waals surface area contributed by atoms with Gasteiger partial charge in [-0.15, -0.1) is 0 Å². The maximum atomic E-state index is 13.7. The molecule has 8 nitrogen and oxygen atoms in total. The van der Waals surface area contributed by atoms with Crippen molar-refractivity contribution >= 4 is 29.1 Å². The van der Waals surface area contributed by atoms with Gasteiger partial charge in [0.1, 0.15) is 22.8 Å². The molecule has 1 aliphatic rings. The maximum absolute atomic E-state index is 13.7. The number of carbonyl (C=O) groups excluding carboxylic acids is 1. The molecule has 1 aliphatic heterocycles. The van der Waals surface area contributed by atoms with Crippen LogP contribution < -0.4 is 9.47 Å². The van der Waals surface area contributed by atoms with Crippen molar-refractivity contribution < 1.29 is 24.5 Å². The van der Waals surface area contributed by atoms with Crippen molar-refractivity contribution in [3.05, 3.63) is 63.3 Å². The Hall–Kier alpha value is -3.20. The molecule has 0 aliphatic carbocycles. The molecule has 3 aromatic rings. The van der Waals surface area contributed by atoms with Crippen molar-refractivity contribution in [2.24, 2.45) is 0 Å². The summed E-state index contributed by atoms with van der Waals surface area (Å²) in [7, 11) is 3.05. The second-order valence-corrected chi connectivity index (χ2v) is 10.2. The van der Waals surface area contributed by atoms with Crippen LogP contribution in [0.25, 0.3) is 11.1 Å². The number of piperazine rings is 1. The molecule has 1 amide bonds. The van der Waals surface area contributed by atoms with Crippen LogP contribution in [0, 0.1) is 0 Å². The number of hydrogen-bond donors (Lipinski definition) is 2. The number of unbranched alkanes of at least 4 members (excludes halogenated alkanes) is 1. The molecule has 208 valence electrons. The van der Waals surface area contributed by atoms with Crippen LogP contribution in [0.2, 0.25) is 10.0 Å². The van der Waals surface area contributed by atoms with Crippen molar-refractivity contribution in [1.82, 2.24) is 14.8 Å². The quantitative estimate of drug-likeness (QED) is 0.334. The van der Waals surface area contributed by atoms with Gasteiger partial charge in [-0.2, -0.15) is 0 Å². The number of methoxy groups -OCH3 is 2. The van der Waals surface area contributed by atoms with E-state index in [2.05, 4.69) is 9.88 Å². The third kappa shape index (κ3) is 6.03. The highest BCUT2D eigenvalue weighted by Crippen LogP contribution is 2.47. The van der Waals surface area contributed by atoms with E-state index < -0.39 is 11.8 Å². The van der Waals surface area contributed by atoms with Gasteiger partial charge in [0, 0.05) is 32.7 Å². The fourth-order valence-corrected chi connectivity index (χ4v) is 5.25. The Balaban J connectivity index is 1.65. The Morgan fingerprint density at radius 3 is 2.23 bits per heavy atom. The SMILES string of the molecule is CCCCc1nc(O)c(C(=O)N2CCN(Cc3cccc(Cl)c3Cl)CC2)c(O)c1-c1c(OC)cccc1OC. The molecule has 1 aromatic heterocycles. The molecule has 0 atom stereocenters. The fourth-order valence-electron chi connectivity index (χ4n) is 4.87. The van der Waals surface area contributed by atoms with Crippen LogP contribution in [0.3, 0.4) is 0 Å². The largest absolute Gasteiger partial charge is 0.506 e. The highest BCUT2D eigenvalue weighted by molar-refractivity contribution is 6.42. The zero-order chi connectivity index (χ0) is 28.1. The van der Waals surface area contributed by atoms with E-state index in [-0.39, 0.29) is 11.3 Å². The van der Waals surface area contributed by atoms with Gasteiger partial charge < -0.3 is 24.6 Å². The summed E-state index contributed by atoms with van der Waals surface area (Å²) in [6.45, 7) is 4.63. The van der Waals surface area contributed by atoms with Crippen LogP contribution in [0.1, 0.15) is 41.4 Å². The van der Waals surface area contributed by atoms with Crippen LogP contribution in [0.15, 0.2) is 36.4 Å². The molecule has 4 rings (SSSR count). The fraction of sp³-hybridized carbons (Fsp3) is 0.379. The number of hydrogen-bond acceptors (Lipinski definition) is 7. The summed E-state index contributed by atoms with van der Waals surface area (Å²) >= 11 is 12.5. The van der Waals surface area contributed by atoms with E-state index in [0.29, 0.717) is 77.5 Å². The van der Waals surface area contributed by atoms with Crippen molar-refractivity contribution in [2.45, 2.75) is 32.7 Å². The molecule has 2 N–H and O–H groups in total. The summed E-state index contributed by atoms with van der Waals surface area (Å²) in [5.74, 6) is -0.401. The number of ether oxygens (including phenoxy) is 2. The molecule has 2 aromatic carbocycles. The molecule has 10 heteroatoms. The van der Waals surface area contributed by atoms with Gasteiger partial charge in [-0.3, -0.25) is 9.69 Å². The minimum atomic E-state index is -0.491. The van der Waals surface area contributed by atoms with Crippen molar-refractivity contribution in [2.75, 3.05) is 40.4 Å². The van der Waals surface area contributed by atoms with E-state index in [0.717, 1.165) is 18.4 Å². The molecule has 2 heterocycles. The number of benzene rings is 2. The molecular formula is C29H33Cl2N3O5. The summed E-state index contributed by atoms with van der Waals surface area (Å²) in [5, 5.41) is 23.5. The van der Waals surface area contributed by atoms with Crippen LogP contribution in [-0.2, 0) is 13.0 Å². The summed E-state index contributed by atoms with van der Waals surface area (Å²) in [6.07, 6.45) is 2.16. The first-order valence-electron chi connectivity index (χ1n) is 12.9. The van der Waals surface area contributed by atoms with Gasteiger partial charge in [-0.25, -0.2) is 4.98 Å². The molecule has 0 spiro atoms. The minimum absolute atomic E-state index is 0.232. The topological polar surface area (TPSA) is 95.4 Å². The third-order valence-electron chi connectivity index (χ3n) is 6.97. The Morgan fingerprint density at radius 1 is 0.974 bits per heavy atom. The van der Waals surface area contributed by atoms with E-state index in [9.17, 15) is 15.0 Å². The summed E-state index contributed by atoms with van der Waals surface area (Å²) < 4.78 is 11.2. The van der Waals surface area contributed by atoms with Crippen LogP contribution in [-0.4, -0.2) is 71.3 Å². The summed E-state index contributed by atoms with van der Waals surface area (Å²) in [5.41, 5.74) is 1.96. The first-order valence-corrected chi connectivity index (χ1v) is 13.7. The van der Waals surface area contributed by atoms with E-state index in [4.69, 9.17) is 32.7 Å². The lowest BCUT2D eigenvalue weighted by atomic mass is 9.95. The standard InChI is InChI=1S/C29H33Cl2N3O5/c1-4-5-10-20-23(24-21(38-2)11-7-12-22(24)39-3)27(35)25(28(36)32-20)29(37)34-15-13-33(14-16-34)17-18-8-6-9-19(30)26(18)31/h6-9,11-12H,4-5,10,13-17H2,1-3H3,(H2,32,35,36). The van der Waals surface area contributed by atoms with Gasteiger partial charge in [-0.05, 0) is 36.6 Å². The van der Waals surface area contributed by atoms with E-state index in [1.165, 1.54) is 14.2 Å². The number of carbonyl (C=O) groups is 1. The number of nitrogens with zero attached hydrogens (tertiary/aromatic N) is 3. The average molecular weight is 575 g/mol. The van der Waals surface area contributed by atoms with Gasteiger partial charge in [0.25, 0.3) is 5.91 Å². The highest BCUT2D eigenvalue weighted by atomic mass is 35.5. The van der Waals surface area contributed by atoms with Gasteiger partial charge >= 0.3 is 0 Å². The Labute approximate surface area is 238 Å². The lowest BCUT2D eigenvalue weighted by Gasteiger charge is -2.35. The normalized spacial score (nSPS) is 13.9. The second kappa shape index (κ2) is 12.8. The van der Waals surface area contributed by atoms with Crippen LogP contribution in [0.4, 0.5) is 0 Å². The second-order valence-electron chi connectivity index (χ2n) is 9.40. The van der Waals surface area contributed by atoms with Gasteiger partial charge in [-0.1, -0.05) is 54.7 Å². The van der Waals surface area contributed by atoms with E-state index in [1.54, 1.807) is 29.2 Å². The molecule has 1 saturated heterocycles. The lowest BCUT2D eigenvalue weighted by Crippen LogP contribution is -2.48. The van der Waals surface area contributed by atoms with Crippen LogP contribution >= 0.6 is 23.2 Å². The average Bonchev–Trinajstić information content (AvgIpc) is 2.94. The number of pyridine rings is 1. The predicted molar refractivity (Wildman–Crippen MR) is 152 cm³/mol. The molecule has 39 heavy (non-hydrogen) atoms. The molecule has 1 fully saturated rings. The van der Waals surface area contributed by atoms with Crippen molar-refractivity contribution in [3.8, 4) is 34.3 Å². The van der Waals surface area contributed by atoms with Crippen LogP contribution in [0.5, 0.6) is 23.1 Å². The molecule has 0 saturated carbocycles. The third-order valence-corrected chi connectivity index (χ3v) is 7.83. The number of halogens is 2. The maximum Gasteiger partial charge on any atom is 0.263 e. The number of rotatable bonds is 9. The zero-order valence-corrected chi connectivity index (χ0v) is 23.8. The van der Waals surface area contributed by atoms with Gasteiger partial charge in [0.05, 0.1) is 41.1 Å². The van der Waals surface area contributed by atoms with E-state index in [1.807, 2.05) is 19.1 Å². The first kappa shape index (κ1) is 28.8. The number of aryl methyl sites for hydroxylation is 1. The molecular weight excluding hydrogens is 541 g/mol. The van der Waals surface area contributed by atoms with E-state index >= 15 is 0 Å². The predicted octanol–water partition coefficient (Wildman–Crippen LogP) is 5.78. The van der Waals surface area contributed by atoms with Crippen molar-refractivity contribution in [1.29, 1.82) is 0 Å². The first-order chi connectivity index (χ1) is 18.8. The molecule has 0 radical (unpaired) electrons. The minimum Gasteiger partial charge on any atom is -0.506 e. The molecule has 0 bridgehead atoms. The monoisotopic (exact) mass is 573 g/mol. The smallest absolute Gasteiger partial charge is 0.263 e. The number of aromatic nitrogens is 1. The number of aromatic hydroxyl groups is 2. The zero-order valence-electron chi connectivity index (χ0n) is 22.3. The summed E-state index contributed by atoms with van der Waals surface area (Å²) in [6, 6.07) is 10.8. The summed E-state index contributed by atoms with van der Waals surface area (Å²) in [4.78, 5) is 21.9. The Morgan fingerprint density at radius 2 is 1.62 bits per heavy atom. The Kier molecular flexibility index (Phi) is 9.43. The molecule has 0 unspecified atom stereocenters. The highest BCUT2D eigenvalue weighted by Gasteiger charge is 2.32. The van der Waals surface area contributed by atoms with Gasteiger partial charge in [0.15, 0.2) is 0 Å². The Bertz CT molecular complexity index is 1320. The number of amides is 1. The lowest BCUT2D eigenvalue weighted by molar-refractivity contribution is 0.0621.